The van der Waals surface area contributed by atoms with Crippen LogP contribution in [0.15, 0.2) is 49.3 Å². The maximum atomic E-state index is 14.0. The number of fused-ring (bicyclic) bond motifs is 2. The van der Waals surface area contributed by atoms with Crippen LogP contribution in [0.2, 0.25) is 51.4 Å². The molecule has 0 aliphatic carbocycles. The maximum absolute atomic E-state index is 14.0. The number of benzene rings is 1. The summed E-state index contributed by atoms with van der Waals surface area (Å²) >= 11 is 0. The van der Waals surface area contributed by atoms with E-state index < -0.39 is 21.7 Å². The van der Waals surface area contributed by atoms with Gasteiger partial charge in [0.1, 0.15) is 24.9 Å². The lowest BCUT2D eigenvalue weighted by Crippen LogP contribution is -2.45. The Labute approximate surface area is 324 Å². The highest BCUT2D eigenvalue weighted by Gasteiger charge is 2.33. The summed E-state index contributed by atoms with van der Waals surface area (Å²) in [6.07, 6.45) is 4.76. The Morgan fingerprint density at radius 2 is 1.61 bits per heavy atom. The zero-order valence-electron chi connectivity index (χ0n) is 34.3. The SMILES string of the molecule is C=C(C)c1c(CN(C(=O)OC(C)(C)C)C2CCOCC2)nc2c(-c3cnc4ccccc4c3)cnn2c1N(COCC[Si](C)(C)C)COCC[Si](C)(C)C. The normalized spacial score (nSPS) is 14.5. The van der Waals surface area contributed by atoms with Crippen LogP contribution in [-0.4, -0.2) is 98.3 Å². The van der Waals surface area contributed by atoms with Gasteiger partial charge in [0.25, 0.3) is 0 Å². The van der Waals surface area contributed by atoms with E-state index in [1.807, 2.05) is 67.7 Å². The van der Waals surface area contributed by atoms with Crippen LogP contribution in [0.4, 0.5) is 10.6 Å². The van der Waals surface area contributed by atoms with Gasteiger partial charge in [0.2, 0.25) is 0 Å². The number of ether oxygens (including phenoxy) is 4. The van der Waals surface area contributed by atoms with Crippen molar-refractivity contribution in [3.8, 4) is 11.1 Å². The average molecular weight is 775 g/mol. The van der Waals surface area contributed by atoms with Crippen LogP contribution in [0.1, 0.15) is 51.8 Å². The minimum Gasteiger partial charge on any atom is -0.444 e. The number of aromatic nitrogens is 4. The van der Waals surface area contributed by atoms with Crippen LogP contribution in [0.25, 0.3) is 33.3 Å². The molecule has 0 bridgehead atoms. The third-order valence-corrected chi connectivity index (χ3v) is 12.8. The molecule has 0 spiro atoms. The highest BCUT2D eigenvalue weighted by Crippen LogP contribution is 2.36. The molecule has 4 aromatic rings. The van der Waals surface area contributed by atoms with Gasteiger partial charge in [-0.25, -0.2) is 9.78 Å². The first kappa shape index (κ1) is 41.5. The number of pyridine rings is 1. The number of allylic oxidation sites excluding steroid dienone is 1. The number of anilines is 1. The van der Waals surface area contributed by atoms with Gasteiger partial charge >= 0.3 is 6.09 Å². The van der Waals surface area contributed by atoms with Crippen LogP contribution in [0.5, 0.6) is 0 Å². The monoisotopic (exact) mass is 774 g/mol. The molecule has 1 fully saturated rings. The maximum Gasteiger partial charge on any atom is 0.410 e. The van der Waals surface area contributed by atoms with Gasteiger partial charge in [0.15, 0.2) is 5.65 Å². The third kappa shape index (κ3) is 11.2. The van der Waals surface area contributed by atoms with Crippen LogP contribution < -0.4 is 4.90 Å². The second-order valence-electron chi connectivity index (χ2n) is 17.9. The zero-order valence-corrected chi connectivity index (χ0v) is 36.3. The van der Waals surface area contributed by atoms with E-state index in [-0.39, 0.29) is 18.7 Å². The number of rotatable bonds is 16. The van der Waals surface area contributed by atoms with Crippen molar-refractivity contribution in [2.75, 3.05) is 44.8 Å². The molecule has 0 N–H and O–H groups in total. The summed E-state index contributed by atoms with van der Waals surface area (Å²) < 4.78 is 26.5. The van der Waals surface area contributed by atoms with E-state index in [1.54, 1.807) is 0 Å². The predicted octanol–water partition coefficient (Wildman–Crippen LogP) is 9.32. The summed E-state index contributed by atoms with van der Waals surface area (Å²) in [4.78, 5) is 28.1. The van der Waals surface area contributed by atoms with E-state index in [4.69, 9.17) is 34.0 Å². The summed E-state index contributed by atoms with van der Waals surface area (Å²) in [6.45, 7) is 29.5. The van der Waals surface area contributed by atoms with Gasteiger partial charge in [-0.05, 0) is 70.3 Å². The number of hydrogen-bond acceptors (Lipinski definition) is 9. The Morgan fingerprint density at radius 1 is 0.981 bits per heavy atom. The minimum atomic E-state index is -1.34. The van der Waals surface area contributed by atoms with Crippen molar-refractivity contribution in [2.24, 2.45) is 0 Å². The molecule has 0 radical (unpaired) electrons. The molecular formula is C41H62N6O5Si2. The van der Waals surface area contributed by atoms with Crippen molar-refractivity contribution in [3.05, 3.63) is 60.6 Å². The van der Waals surface area contributed by atoms with Crippen molar-refractivity contribution < 1.29 is 23.7 Å². The van der Waals surface area contributed by atoms with Gasteiger partial charge in [-0.1, -0.05) is 64.1 Å². The van der Waals surface area contributed by atoms with Gasteiger partial charge in [-0.3, -0.25) is 9.88 Å². The molecule has 11 nitrogen and oxygen atoms in total. The fourth-order valence-electron chi connectivity index (χ4n) is 6.38. The molecule has 0 unspecified atom stereocenters. The molecule has 1 aliphatic rings. The zero-order chi connectivity index (χ0) is 39.3. The van der Waals surface area contributed by atoms with Crippen LogP contribution >= 0.6 is 0 Å². The number of carbonyl (C=O) groups is 1. The quantitative estimate of drug-likeness (QED) is 0.0626. The standard InChI is InChI=1S/C41H62N6O5Si2/c1-30(2)37-36(27-46(33-16-18-49-19-17-33)40(48)52-41(3,4)5)44-38-34(32-24-31-14-12-13-15-35(31)42-25-32)26-43-47(38)39(37)45(28-50-20-22-53(6,7)8)29-51-21-23-54(9,10)11/h12-15,24-26,33H,1,16-23,27-29H2,2-11H3. The second-order valence-corrected chi connectivity index (χ2v) is 29.2. The minimum absolute atomic E-state index is 0.0759. The fraction of sp³-hybridized carbons (Fsp3) is 0.561. The third-order valence-electron chi connectivity index (χ3n) is 9.39. The summed E-state index contributed by atoms with van der Waals surface area (Å²) in [6, 6.07) is 12.2. The van der Waals surface area contributed by atoms with Crippen molar-refractivity contribution in [3.63, 3.8) is 0 Å². The number of hydrogen-bond donors (Lipinski definition) is 0. The van der Waals surface area contributed by atoms with Crippen molar-refractivity contribution in [1.82, 2.24) is 24.5 Å². The first-order valence-corrected chi connectivity index (χ1v) is 26.7. The molecule has 0 atom stereocenters. The number of carbonyl (C=O) groups excluding carboxylic acids is 1. The molecule has 1 aromatic carbocycles. The van der Waals surface area contributed by atoms with Gasteiger partial charge in [0.05, 0.1) is 24.0 Å². The van der Waals surface area contributed by atoms with Crippen LogP contribution in [-0.2, 0) is 25.5 Å². The first-order chi connectivity index (χ1) is 25.4. The highest BCUT2D eigenvalue weighted by molar-refractivity contribution is 6.76. The van der Waals surface area contributed by atoms with Crippen LogP contribution in [0, 0.1) is 0 Å². The lowest BCUT2D eigenvalue weighted by molar-refractivity contribution is -0.00843. The predicted molar refractivity (Wildman–Crippen MR) is 224 cm³/mol. The number of nitrogens with zero attached hydrogens (tertiary/aromatic N) is 6. The summed E-state index contributed by atoms with van der Waals surface area (Å²) in [5.41, 5.74) is 4.92. The van der Waals surface area contributed by atoms with Gasteiger partial charge < -0.3 is 23.8 Å². The highest BCUT2D eigenvalue weighted by atomic mass is 28.3. The lowest BCUT2D eigenvalue weighted by atomic mass is 10.0. The van der Waals surface area contributed by atoms with Crippen LogP contribution in [0.3, 0.4) is 0 Å². The molecule has 1 amide bonds. The van der Waals surface area contributed by atoms with Gasteiger partial charge in [0, 0.05) is 76.9 Å². The molecule has 4 heterocycles. The van der Waals surface area contributed by atoms with E-state index in [9.17, 15) is 4.79 Å². The van der Waals surface area contributed by atoms with E-state index >= 15 is 0 Å². The Kier molecular flexibility index (Phi) is 13.4. The van der Waals surface area contributed by atoms with Gasteiger partial charge in [-0.2, -0.15) is 9.61 Å². The fourth-order valence-corrected chi connectivity index (χ4v) is 7.89. The first-order valence-electron chi connectivity index (χ1n) is 19.3. The molecule has 1 saturated heterocycles. The van der Waals surface area contributed by atoms with E-state index in [2.05, 4.69) is 62.9 Å². The number of amides is 1. The summed E-state index contributed by atoms with van der Waals surface area (Å²) in [7, 11) is -2.67. The summed E-state index contributed by atoms with van der Waals surface area (Å²) in [5, 5.41) is 6.02. The Balaban J connectivity index is 1.69. The topological polar surface area (TPSA) is 104 Å². The lowest BCUT2D eigenvalue weighted by Gasteiger charge is -2.36. The molecule has 3 aromatic heterocycles. The number of para-hydroxylation sites is 1. The Hall–Kier alpha value is -3.63. The Bertz CT molecular complexity index is 1880. The molecule has 13 heteroatoms. The molecule has 0 saturated carbocycles. The molecule has 5 rings (SSSR count). The molecule has 1 aliphatic heterocycles. The summed E-state index contributed by atoms with van der Waals surface area (Å²) in [5.74, 6) is 0.764. The molecule has 294 valence electrons. The average Bonchev–Trinajstić information content (AvgIpc) is 3.51. The molecule has 54 heavy (non-hydrogen) atoms. The molecular weight excluding hydrogens is 713 g/mol. The van der Waals surface area contributed by atoms with Crippen molar-refractivity contribution >= 4 is 50.2 Å². The van der Waals surface area contributed by atoms with Crippen molar-refractivity contribution in [1.29, 1.82) is 0 Å². The second kappa shape index (κ2) is 17.4. The Morgan fingerprint density at radius 3 is 2.20 bits per heavy atom. The van der Waals surface area contributed by atoms with Gasteiger partial charge in [-0.15, -0.1) is 0 Å². The van der Waals surface area contributed by atoms with E-state index in [1.165, 1.54) is 0 Å². The van der Waals surface area contributed by atoms with E-state index in [0.29, 0.717) is 64.1 Å². The smallest absolute Gasteiger partial charge is 0.410 e. The van der Waals surface area contributed by atoms with E-state index in [0.717, 1.165) is 51.1 Å². The van der Waals surface area contributed by atoms with Crippen molar-refractivity contribution in [2.45, 2.75) is 110 Å². The largest absolute Gasteiger partial charge is 0.444 e.